The molecule has 0 aliphatic carbocycles. The van der Waals surface area contributed by atoms with Crippen molar-refractivity contribution in [2.45, 2.75) is 6.54 Å². The van der Waals surface area contributed by atoms with Gasteiger partial charge >= 0.3 is 0 Å². The highest BCUT2D eigenvalue weighted by atomic mass is 16.2. The molecule has 2 aromatic rings. The number of nitrogens with one attached hydrogen (secondary N) is 1. The molecule has 0 unspecified atom stereocenters. The molecule has 0 radical (unpaired) electrons. The molecule has 0 spiro atoms. The number of rotatable bonds is 4. The van der Waals surface area contributed by atoms with Crippen molar-refractivity contribution in [3.05, 3.63) is 47.3 Å². The number of nitriles is 1. The van der Waals surface area contributed by atoms with Gasteiger partial charge in [0.05, 0.1) is 11.3 Å². The van der Waals surface area contributed by atoms with Crippen LogP contribution >= 0.6 is 0 Å². The number of carbonyl (C=O) groups is 1. The van der Waals surface area contributed by atoms with Gasteiger partial charge in [0.2, 0.25) is 0 Å². The Hall–Kier alpha value is -2.65. The quantitative estimate of drug-likeness (QED) is 0.914. The summed E-state index contributed by atoms with van der Waals surface area (Å²) < 4.78 is 1.55. The fraction of sp³-hybridized carbons (Fsp3) is 0.267. The molecule has 1 heterocycles. The van der Waals surface area contributed by atoms with E-state index in [9.17, 15) is 10.1 Å². The second kappa shape index (κ2) is 6.20. The van der Waals surface area contributed by atoms with Gasteiger partial charge in [0.15, 0.2) is 5.69 Å². The summed E-state index contributed by atoms with van der Waals surface area (Å²) in [5.41, 5.74) is 2.56. The van der Waals surface area contributed by atoms with E-state index in [-0.39, 0.29) is 5.91 Å². The highest BCUT2D eigenvalue weighted by molar-refractivity contribution is 5.91. The maximum absolute atomic E-state index is 11.9. The van der Waals surface area contributed by atoms with Crippen molar-refractivity contribution in [3.8, 4) is 11.8 Å². The summed E-state index contributed by atoms with van der Waals surface area (Å²) in [4.78, 5) is 13.3. The van der Waals surface area contributed by atoms with Crippen molar-refractivity contribution < 1.29 is 4.79 Å². The van der Waals surface area contributed by atoms with Crippen LogP contribution in [0.1, 0.15) is 21.6 Å². The van der Waals surface area contributed by atoms with Gasteiger partial charge in [-0.15, -0.1) is 0 Å². The molecule has 0 saturated carbocycles. The Morgan fingerprint density at radius 1 is 1.43 bits per heavy atom. The smallest absolute Gasteiger partial charge is 0.273 e. The van der Waals surface area contributed by atoms with E-state index in [1.165, 1.54) is 4.90 Å². The van der Waals surface area contributed by atoms with Crippen LogP contribution in [0, 0.1) is 11.3 Å². The molecular weight excluding hydrogens is 266 g/mol. The minimum absolute atomic E-state index is 0.168. The monoisotopic (exact) mass is 283 g/mol. The lowest BCUT2D eigenvalue weighted by Crippen LogP contribution is -2.22. The maximum Gasteiger partial charge on any atom is 0.273 e. The Morgan fingerprint density at radius 3 is 2.81 bits per heavy atom. The van der Waals surface area contributed by atoms with Crippen LogP contribution in [0.25, 0.3) is 5.69 Å². The maximum atomic E-state index is 11.9. The van der Waals surface area contributed by atoms with Crippen LogP contribution in [0.2, 0.25) is 0 Å². The first-order valence-electron chi connectivity index (χ1n) is 6.52. The number of hydrogen-bond acceptors (Lipinski definition) is 4. The highest BCUT2D eigenvalue weighted by Crippen LogP contribution is 2.16. The second-order valence-electron chi connectivity index (χ2n) is 4.84. The lowest BCUT2D eigenvalue weighted by molar-refractivity contribution is 0.0821. The molecule has 108 valence electrons. The van der Waals surface area contributed by atoms with Gasteiger partial charge in [-0.25, -0.2) is 4.68 Å². The van der Waals surface area contributed by atoms with Crippen molar-refractivity contribution in [3.63, 3.8) is 0 Å². The minimum Gasteiger partial charge on any atom is -0.343 e. The van der Waals surface area contributed by atoms with Gasteiger partial charge in [-0.2, -0.15) is 10.4 Å². The summed E-state index contributed by atoms with van der Waals surface area (Å²) in [6.07, 6.45) is 1.69. The lowest BCUT2D eigenvalue weighted by atomic mass is 10.1. The van der Waals surface area contributed by atoms with Gasteiger partial charge in [-0.1, -0.05) is 6.07 Å². The number of aromatic nitrogens is 2. The molecule has 0 aliphatic heterocycles. The Morgan fingerprint density at radius 2 is 2.19 bits per heavy atom. The van der Waals surface area contributed by atoms with E-state index >= 15 is 0 Å². The standard InChI is InChI=1S/C15H17N5O/c1-17-10-11-4-5-14(12(8-11)9-16)20-7-6-13(18-20)15(21)19(2)3/h4-8,17H,10H2,1-3H3. The largest absolute Gasteiger partial charge is 0.343 e. The van der Waals surface area contributed by atoms with Gasteiger partial charge in [-0.3, -0.25) is 4.79 Å². The average Bonchev–Trinajstić information content (AvgIpc) is 2.96. The van der Waals surface area contributed by atoms with E-state index in [4.69, 9.17) is 0 Å². The van der Waals surface area contributed by atoms with Crippen molar-refractivity contribution in [2.75, 3.05) is 21.1 Å². The first-order valence-corrected chi connectivity index (χ1v) is 6.52. The summed E-state index contributed by atoms with van der Waals surface area (Å²) in [7, 11) is 5.20. The third kappa shape index (κ3) is 3.09. The molecule has 0 aliphatic rings. The summed E-state index contributed by atoms with van der Waals surface area (Å²) in [5.74, 6) is -0.168. The summed E-state index contributed by atoms with van der Waals surface area (Å²) in [6, 6.07) is 9.40. The van der Waals surface area contributed by atoms with Crippen LogP contribution in [-0.2, 0) is 6.54 Å². The number of nitrogens with zero attached hydrogens (tertiary/aromatic N) is 4. The zero-order valence-corrected chi connectivity index (χ0v) is 12.3. The molecule has 1 N–H and O–H groups in total. The molecule has 6 nitrogen and oxygen atoms in total. The summed E-state index contributed by atoms with van der Waals surface area (Å²) in [6.45, 7) is 0.693. The predicted molar refractivity (Wildman–Crippen MR) is 79.1 cm³/mol. The molecule has 0 saturated heterocycles. The van der Waals surface area contributed by atoms with Crippen LogP contribution in [-0.4, -0.2) is 41.7 Å². The Labute approximate surface area is 123 Å². The first kappa shape index (κ1) is 14.8. The molecule has 1 aromatic carbocycles. The lowest BCUT2D eigenvalue weighted by Gasteiger charge is -2.08. The van der Waals surface area contributed by atoms with E-state index in [1.807, 2.05) is 25.2 Å². The zero-order chi connectivity index (χ0) is 15.4. The average molecular weight is 283 g/mol. The van der Waals surface area contributed by atoms with Crippen LogP contribution in [0.4, 0.5) is 0 Å². The summed E-state index contributed by atoms with van der Waals surface area (Å²) in [5, 5.41) is 16.6. The third-order valence-corrected chi connectivity index (χ3v) is 3.02. The predicted octanol–water partition coefficient (Wildman–Crippen LogP) is 1.17. The number of amides is 1. The van der Waals surface area contributed by atoms with E-state index in [2.05, 4.69) is 16.5 Å². The highest BCUT2D eigenvalue weighted by Gasteiger charge is 2.13. The number of hydrogen-bond donors (Lipinski definition) is 1. The van der Waals surface area contributed by atoms with Crippen molar-refractivity contribution in [2.24, 2.45) is 0 Å². The topological polar surface area (TPSA) is 74.0 Å². The first-order chi connectivity index (χ1) is 10.1. The van der Waals surface area contributed by atoms with Crippen LogP contribution < -0.4 is 5.32 Å². The van der Waals surface area contributed by atoms with Gasteiger partial charge in [0.1, 0.15) is 6.07 Å². The molecular formula is C15H17N5O. The second-order valence-corrected chi connectivity index (χ2v) is 4.84. The fourth-order valence-electron chi connectivity index (χ4n) is 1.99. The minimum atomic E-state index is -0.168. The van der Waals surface area contributed by atoms with Crippen molar-refractivity contribution in [1.29, 1.82) is 5.26 Å². The van der Waals surface area contributed by atoms with Crippen LogP contribution in [0.3, 0.4) is 0 Å². The molecule has 1 aromatic heterocycles. The molecule has 0 bridgehead atoms. The molecule has 2 rings (SSSR count). The van der Waals surface area contributed by atoms with Crippen molar-refractivity contribution in [1.82, 2.24) is 20.0 Å². The zero-order valence-electron chi connectivity index (χ0n) is 12.3. The van der Waals surface area contributed by atoms with Crippen LogP contribution in [0.5, 0.6) is 0 Å². The number of carbonyl (C=O) groups excluding carboxylic acids is 1. The SMILES string of the molecule is CNCc1ccc(-n2ccc(C(=O)N(C)C)n2)c(C#N)c1. The van der Waals surface area contributed by atoms with E-state index in [0.717, 1.165) is 5.56 Å². The van der Waals surface area contributed by atoms with E-state index in [1.54, 1.807) is 31.0 Å². The van der Waals surface area contributed by atoms with E-state index < -0.39 is 0 Å². The van der Waals surface area contributed by atoms with Gasteiger partial charge < -0.3 is 10.2 Å². The van der Waals surface area contributed by atoms with Gasteiger partial charge in [0.25, 0.3) is 5.91 Å². The molecule has 1 amide bonds. The van der Waals surface area contributed by atoms with Gasteiger partial charge in [-0.05, 0) is 30.8 Å². The fourth-order valence-corrected chi connectivity index (χ4v) is 1.99. The number of benzene rings is 1. The van der Waals surface area contributed by atoms with E-state index in [0.29, 0.717) is 23.5 Å². The Kier molecular flexibility index (Phi) is 4.36. The Balaban J connectivity index is 2.39. The summed E-state index contributed by atoms with van der Waals surface area (Å²) >= 11 is 0. The third-order valence-electron chi connectivity index (χ3n) is 3.02. The Bertz CT molecular complexity index is 696. The molecule has 0 fully saturated rings. The van der Waals surface area contributed by atoms with Crippen molar-refractivity contribution >= 4 is 5.91 Å². The van der Waals surface area contributed by atoms with Crippen LogP contribution in [0.15, 0.2) is 30.5 Å². The van der Waals surface area contributed by atoms with Gasteiger partial charge in [0, 0.05) is 26.8 Å². The normalized spacial score (nSPS) is 10.2. The molecule has 6 heteroatoms. The molecule has 0 atom stereocenters. The molecule has 21 heavy (non-hydrogen) atoms.